The van der Waals surface area contributed by atoms with E-state index in [1.807, 2.05) is 0 Å². The van der Waals surface area contributed by atoms with E-state index in [1.54, 1.807) is 0 Å². The van der Waals surface area contributed by atoms with Crippen LogP contribution in [0.25, 0.3) is 0 Å². The molecule has 1 heterocycles. The number of sulfonamides is 1. The summed E-state index contributed by atoms with van der Waals surface area (Å²) in [4.78, 5) is 4.31. The molecule has 0 amide bonds. The molecule has 0 aromatic carbocycles. The molecule has 7 heteroatoms. The minimum Gasteiger partial charge on any atom is -0.388 e. The minimum absolute atomic E-state index is 0.0778. The van der Waals surface area contributed by atoms with Crippen molar-refractivity contribution in [3.05, 3.63) is 24.0 Å². The van der Waals surface area contributed by atoms with Gasteiger partial charge in [-0.1, -0.05) is 18.6 Å². The maximum absolute atomic E-state index is 12.3. The zero-order chi connectivity index (χ0) is 14.3. The van der Waals surface area contributed by atoms with E-state index in [4.69, 9.17) is 18.0 Å². The molecule has 1 aromatic rings. The zero-order valence-corrected chi connectivity index (χ0v) is 12.6. The second-order valence-electron chi connectivity index (χ2n) is 5.65. The van der Waals surface area contributed by atoms with Gasteiger partial charge in [-0.05, 0) is 43.2 Å². The average Bonchev–Trinajstić information content (AvgIpc) is 3.00. The fourth-order valence-corrected chi connectivity index (χ4v) is 4.72. The van der Waals surface area contributed by atoms with Gasteiger partial charge in [0.25, 0.3) is 0 Å². The molecule has 3 atom stereocenters. The van der Waals surface area contributed by atoms with Crippen LogP contribution >= 0.6 is 12.2 Å². The van der Waals surface area contributed by atoms with Crippen LogP contribution in [0.5, 0.6) is 0 Å². The van der Waals surface area contributed by atoms with Crippen LogP contribution in [0.3, 0.4) is 0 Å². The highest BCUT2D eigenvalue weighted by molar-refractivity contribution is 7.89. The Hall–Kier alpha value is -1.05. The van der Waals surface area contributed by atoms with Crippen LogP contribution in [-0.2, 0) is 10.0 Å². The molecule has 2 saturated carbocycles. The van der Waals surface area contributed by atoms with Gasteiger partial charge in [0.2, 0.25) is 10.0 Å². The van der Waals surface area contributed by atoms with E-state index in [0.717, 1.165) is 19.3 Å². The van der Waals surface area contributed by atoms with Gasteiger partial charge in [-0.25, -0.2) is 13.1 Å². The molecule has 0 aliphatic heterocycles. The molecular formula is C13H17N3O2S2. The van der Waals surface area contributed by atoms with Crippen molar-refractivity contribution in [2.75, 3.05) is 0 Å². The molecule has 3 rings (SSSR count). The third kappa shape index (κ3) is 2.57. The summed E-state index contributed by atoms with van der Waals surface area (Å²) in [6.45, 7) is 0. The lowest BCUT2D eigenvalue weighted by Gasteiger charge is -2.22. The standard InChI is InChI=1S/C13H17N3O2S2/c14-13(19)11-4-3-10(7-15-11)20(17,18)16-12-6-8-1-2-9(12)5-8/h3-4,7-9,12,16H,1-2,5-6H2,(H2,14,19). The molecule has 20 heavy (non-hydrogen) atoms. The van der Waals surface area contributed by atoms with E-state index in [-0.39, 0.29) is 15.9 Å². The number of fused-ring (bicyclic) bond motifs is 2. The van der Waals surface area contributed by atoms with Crippen LogP contribution in [0.2, 0.25) is 0 Å². The summed E-state index contributed by atoms with van der Waals surface area (Å²) in [6.07, 6.45) is 5.81. The van der Waals surface area contributed by atoms with E-state index < -0.39 is 10.0 Å². The molecule has 1 aromatic heterocycles. The van der Waals surface area contributed by atoms with Crippen molar-refractivity contribution < 1.29 is 8.42 Å². The van der Waals surface area contributed by atoms with E-state index in [1.165, 1.54) is 24.8 Å². The van der Waals surface area contributed by atoms with Crippen LogP contribution in [-0.4, -0.2) is 24.4 Å². The number of hydrogen-bond donors (Lipinski definition) is 2. The van der Waals surface area contributed by atoms with Gasteiger partial charge in [0.15, 0.2) is 0 Å². The fourth-order valence-electron chi connectivity index (χ4n) is 3.34. The van der Waals surface area contributed by atoms with E-state index in [0.29, 0.717) is 17.5 Å². The van der Waals surface area contributed by atoms with Crippen molar-refractivity contribution in [2.24, 2.45) is 17.6 Å². The first-order valence-corrected chi connectivity index (χ1v) is 8.63. The Morgan fingerprint density at radius 1 is 1.35 bits per heavy atom. The third-order valence-electron chi connectivity index (χ3n) is 4.34. The van der Waals surface area contributed by atoms with Crippen LogP contribution in [0, 0.1) is 11.8 Å². The van der Waals surface area contributed by atoms with Crippen LogP contribution in [0.15, 0.2) is 23.2 Å². The number of nitrogens with one attached hydrogen (secondary N) is 1. The number of nitrogens with zero attached hydrogens (tertiary/aromatic N) is 1. The molecule has 0 radical (unpaired) electrons. The predicted molar refractivity (Wildman–Crippen MR) is 79.7 cm³/mol. The monoisotopic (exact) mass is 311 g/mol. The van der Waals surface area contributed by atoms with Gasteiger partial charge in [-0.2, -0.15) is 0 Å². The Labute approximate surface area is 124 Å². The van der Waals surface area contributed by atoms with Gasteiger partial charge in [0, 0.05) is 12.2 Å². The first-order valence-electron chi connectivity index (χ1n) is 6.74. The molecule has 0 spiro atoms. The average molecular weight is 311 g/mol. The number of nitrogens with two attached hydrogens (primary N) is 1. The summed E-state index contributed by atoms with van der Waals surface area (Å²) in [7, 11) is -3.51. The summed E-state index contributed by atoms with van der Waals surface area (Å²) in [5.41, 5.74) is 5.88. The molecule has 3 unspecified atom stereocenters. The highest BCUT2D eigenvalue weighted by Crippen LogP contribution is 2.44. The first kappa shape index (κ1) is 13.9. The fraction of sp³-hybridized carbons (Fsp3) is 0.538. The SMILES string of the molecule is NC(=S)c1ccc(S(=O)(=O)NC2CC3CCC2C3)cn1. The van der Waals surface area contributed by atoms with Gasteiger partial charge in [-0.3, -0.25) is 4.98 Å². The zero-order valence-electron chi connectivity index (χ0n) is 11.0. The quantitative estimate of drug-likeness (QED) is 0.816. The van der Waals surface area contributed by atoms with Crippen LogP contribution < -0.4 is 10.5 Å². The van der Waals surface area contributed by atoms with Crippen molar-refractivity contribution in [3.63, 3.8) is 0 Å². The van der Waals surface area contributed by atoms with Crippen molar-refractivity contribution >= 4 is 27.2 Å². The summed E-state index contributed by atoms with van der Waals surface area (Å²) >= 11 is 4.80. The molecule has 2 bridgehead atoms. The van der Waals surface area contributed by atoms with Crippen molar-refractivity contribution in [2.45, 2.75) is 36.6 Å². The molecule has 5 nitrogen and oxygen atoms in total. The molecule has 3 N–H and O–H groups in total. The molecule has 2 aliphatic rings. The van der Waals surface area contributed by atoms with E-state index >= 15 is 0 Å². The van der Waals surface area contributed by atoms with Gasteiger partial charge in [0.1, 0.15) is 9.88 Å². The normalized spacial score (nSPS) is 28.7. The second-order valence-corrected chi connectivity index (χ2v) is 7.80. The third-order valence-corrected chi connectivity index (χ3v) is 6.03. The number of thiocarbonyl (C=S) groups is 1. The Bertz CT molecular complexity index is 628. The lowest BCUT2D eigenvalue weighted by Crippen LogP contribution is -2.38. The van der Waals surface area contributed by atoms with Gasteiger partial charge in [-0.15, -0.1) is 0 Å². The first-order chi connectivity index (χ1) is 9.45. The topological polar surface area (TPSA) is 85.1 Å². The van der Waals surface area contributed by atoms with Crippen molar-refractivity contribution in [1.82, 2.24) is 9.71 Å². The number of pyridine rings is 1. The summed E-state index contributed by atoms with van der Waals surface area (Å²) < 4.78 is 27.5. The van der Waals surface area contributed by atoms with E-state index in [9.17, 15) is 8.42 Å². The van der Waals surface area contributed by atoms with Gasteiger partial charge >= 0.3 is 0 Å². The lowest BCUT2D eigenvalue weighted by molar-refractivity contribution is 0.390. The maximum atomic E-state index is 12.3. The van der Waals surface area contributed by atoms with Crippen LogP contribution in [0.4, 0.5) is 0 Å². The summed E-state index contributed by atoms with van der Waals surface area (Å²) in [5, 5.41) is 0. The van der Waals surface area contributed by atoms with Crippen LogP contribution in [0.1, 0.15) is 31.4 Å². The van der Waals surface area contributed by atoms with Gasteiger partial charge < -0.3 is 5.73 Å². The van der Waals surface area contributed by atoms with Gasteiger partial charge in [0.05, 0.1) is 5.69 Å². The predicted octanol–water partition coefficient (Wildman–Crippen LogP) is 1.18. The second kappa shape index (κ2) is 5.05. The smallest absolute Gasteiger partial charge is 0.242 e. The summed E-state index contributed by atoms with van der Waals surface area (Å²) in [5.74, 6) is 1.20. The van der Waals surface area contributed by atoms with Crippen molar-refractivity contribution in [3.8, 4) is 0 Å². The molecule has 108 valence electrons. The maximum Gasteiger partial charge on any atom is 0.242 e. The van der Waals surface area contributed by atoms with E-state index in [2.05, 4.69) is 9.71 Å². The summed E-state index contributed by atoms with van der Waals surface area (Å²) in [6, 6.07) is 3.11. The number of rotatable bonds is 4. The Morgan fingerprint density at radius 2 is 2.15 bits per heavy atom. The largest absolute Gasteiger partial charge is 0.388 e. The highest BCUT2D eigenvalue weighted by Gasteiger charge is 2.41. The lowest BCUT2D eigenvalue weighted by atomic mass is 9.96. The molecule has 2 aliphatic carbocycles. The molecular weight excluding hydrogens is 294 g/mol. The Morgan fingerprint density at radius 3 is 2.65 bits per heavy atom. The number of hydrogen-bond acceptors (Lipinski definition) is 4. The highest BCUT2D eigenvalue weighted by atomic mass is 32.2. The molecule has 0 saturated heterocycles. The Balaban J connectivity index is 1.76. The Kier molecular flexibility index (Phi) is 3.51. The van der Waals surface area contributed by atoms with Crippen molar-refractivity contribution in [1.29, 1.82) is 0 Å². The minimum atomic E-state index is -3.51. The molecule has 2 fully saturated rings. The number of aromatic nitrogens is 1.